The molecule has 5 rings (SSSR count). The Labute approximate surface area is 185 Å². The highest BCUT2D eigenvalue weighted by atomic mass is 16.2. The summed E-state index contributed by atoms with van der Waals surface area (Å²) < 4.78 is 0. The molecule has 1 saturated carbocycles. The van der Waals surface area contributed by atoms with E-state index in [1.54, 1.807) is 23.5 Å². The van der Waals surface area contributed by atoms with Crippen molar-refractivity contribution >= 4 is 6.03 Å². The molecule has 2 aromatic rings. The van der Waals surface area contributed by atoms with E-state index in [0.29, 0.717) is 24.7 Å². The van der Waals surface area contributed by atoms with Crippen LogP contribution < -0.4 is 10.6 Å². The summed E-state index contributed by atoms with van der Waals surface area (Å²) in [7, 11) is 0. The number of benzene rings is 1. The summed E-state index contributed by atoms with van der Waals surface area (Å²) in [6.07, 6.45) is 13.1. The van der Waals surface area contributed by atoms with Gasteiger partial charge in [-0.05, 0) is 92.7 Å². The van der Waals surface area contributed by atoms with Gasteiger partial charge in [-0.2, -0.15) is 0 Å². The number of urea groups is 1. The molecule has 164 valence electrons. The van der Waals surface area contributed by atoms with E-state index < -0.39 is 0 Å². The molecule has 5 nitrogen and oxygen atoms in total. The lowest BCUT2D eigenvalue weighted by Gasteiger charge is -2.31. The van der Waals surface area contributed by atoms with Crippen molar-refractivity contribution in [2.45, 2.75) is 69.5 Å². The maximum atomic E-state index is 12.2. The molecule has 2 fully saturated rings. The summed E-state index contributed by atoms with van der Waals surface area (Å²) in [5.74, 6) is 0.802. The van der Waals surface area contributed by atoms with Crippen molar-refractivity contribution in [3.63, 3.8) is 0 Å². The van der Waals surface area contributed by atoms with Gasteiger partial charge in [0.25, 0.3) is 0 Å². The first-order chi connectivity index (χ1) is 15.3. The monoisotopic (exact) mass is 418 g/mol. The smallest absolute Gasteiger partial charge is 0.315 e. The van der Waals surface area contributed by atoms with Crippen LogP contribution in [0, 0.1) is 5.92 Å². The summed E-state index contributed by atoms with van der Waals surface area (Å²) in [4.78, 5) is 19.0. The molecule has 2 unspecified atom stereocenters. The average Bonchev–Trinajstić information content (AvgIpc) is 3.36. The summed E-state index contributed by atoms with van der Waals surface area (Å²) in [5, 5.41) is 6.19. The Morgan fingerprint density at radius 1 is 0.935 bits per heavy atom. The number of pyridine rings is 1. The lowest BCUT2D eigenvalue weighted by atomic mass is 9.84. The standard InChI is InChI=1S/C26H34N4O/c31-26(28-17-13-20-11-15-27-16-12-20)29-21-7-5-19(6-8-21)14-18-30-24-9-10-25(30)23-4-2-1-3-22(23)24/h1-4,11-12,15-16,19,21,24-25H,5-10,13-14,17-18H2,(H2,28,29,31). The molecule has 2 amide bonds. The highest BCUT2D eigenvalue weighted by molar-refractivity contribution is 5.74. The zero-order valence-electron chi connectivity index (χ0n) is 18.3. The number of rotatable bonds is 7. The Morgan fingerprint density at radius 3 is 2.29 bits per heavy atom. The molecule has 1 saturated heterocycles. The molecule has 31 heavy (non-hydrogen) atoms. The highest BCUT2D eigenvalue weighted by Crippen LogP contribution is 2.53. The van der Waals surface area contributed by atoms with E-state index in [1.807, 2.05) is 12.1 Å². The summed E-state index contributed by atoms with van der Waals surface area (Å²) in [5.41, 5.74) is 4.37. The van der Waals surface area contributed by atoms with E-state index in [0.717, 1.165) is 25.2 Å². The number of hydrogen-bond donors (Lipinski definition) is 2. The highest BCUT2D eigenvalue weighted by Gasteiger charge is 2.43. The minimum Gasteiger partial charge on any atom is -0.338 e. The predicted molar refractivity (Wildman–Crippen MR) is 123 cm³/mol. The molecule has 1 aromatic heterocycles. The third kappa shape index (κ3) is 4.62. The van der Waals surface area contributed by atoms with Crippen molar-refractivity contribution in [1.29, 1.82) is 0 Å². The third-order valence-corrected chi connectivity index (χ3v) is 7.65. The number of carbonyl (C=O) groups excluding carboxylic acids is 1. The zero-order chi connectivity index (χ0) is 21.0. The molecule has 5 heteroatoms. The quantitative estimate of drug-likeness (QED) is 0.681. The molecule has 0 radical (unpaired) electrons. The van der Waals surface area contributed by atoms with Crippen molar-refractivity contribution in [3.8, 4) is 0 Å². The number of aromatic nitrogens is 1. The van der Waals surface area contributed by atoms with Gasteiger partial charge in [-0.3, -0.25) is 9.88 Å². The summed E-state index contributed by atoms with van der Waals surface area (Å²) in [6.45, 7) is 1.88. The second-order valence-corrected chi connectivity index (χ2v) is 9.49. The number of nitrogens with zero attached hydrogens (tertiary/aromatic N) is 2. The van der Waals surface area contributed by atoms with Crippen LogP contribution in [0.1, 0.15) is 73.7 Å². The van der Waals surface area contributed by atoms with Crippen molar-refractivity contribution < 1.29 is 4.79 Å². The number of fused-ring (bicyclic) bond motifs is 5. The van der Waals surface area contributed by atoms with Crippen LogP contribution in [0.15, 0.2) is 48.8 Å². The Balaban J connectivity index is 1.00. The topological polar surface area (TPSA) is 57.3 Å². The summed E-state index contributed by atoms with van der Waals surface area (Å²) >= 11 is 0. The number of hydrogen-bond acceptors (Lipinski definition) is 3. The van der Waals surface area contributed by atoms with Crippen molar-refractivity contribution in [3.05, 3.63) is 65.5 Å². The van der Waals surface area contributed by atoms with Crippen LogP contribution in [0.5, 0.6) is 0 Å². The third-order valence-electron chi connectivity index (χ3n) is 7.65. The lowest BCUT2D eigenvalue weighted by molar-refractivity contribution is 0.185. The molecule has 3 aliphatic rings. The largest absolute Gasteiger partial charge is 0.338 e. The van der Waals surface area contributed by atoms with Gasteiger partial charge >= 0.3 is 6.03 Å². The molecular weight excluding hydrogens is 384 g/mol. The molecule has 1 aromatic carbocycles. The Morgan fingerprint density at radius 2 is 1.61 bits per heavy atom. The van der Waals surface area contributed by atoms with Gasteiger partial charge in [0.05, 0.1) is 0 Å². The first kappa shape index (κ1) is 20.5. The summed E-state index contributed by atoms with van der Waals surface area (Å²) in [6, 6.07) is 14.7. The van der Waals surface area contributed by atoms with E-state index in [9.17, 15) is 4.79 Å². The van der Waals surface area contributed by atoms with Crippen LogP contribution in [-0.2, 0) is 6.42 Å². The molecule has 3 heterocycles. The van der Waals surface area contributed by atoms with E-state index >= 15 is 0 Å². The Kier molecular flexibility index (Phi) is 6.21. The molecule has 2 N–H and O–H groups in total. The van der Waals surface area contributed by atoms with Crippen LogP contribution in [-0.4, -0.2) is 35.0 Å². The predicted octanol–water partition coefficient (Wildman–Crippen LogP) is 4.76. The minimum atomic E-state index is -0.0242. The van der Waals surface area contributed by atoms with Crippen molar-refractivity contribution in [2.24, 2.45) is 5.92 Å². The second kappa shape index (κ2) is 9.39. The van der Waals surface area contributed by atoms with Gasteiger partial charge in [-0.15, -0.1) is 0 Å². The van der Waals surface area contributed by atoms with Crippen molar-refractivity contribution in [1.82, 2.24) is 20.5 Å². The van der Waals surface area contributed by atoms with E-state index in [-0.39, 0.29) is 6.03 Å². The van der Waals surface area contributed by atoms with Gasteiger partial charge in [0.1, 0.15) is 0 Å². The van der Waals surface area contributed by atoms with Crippen LogP contribution in [0.4, 0.5) is 4.79 Å². The lowest BCUT2D eigenvalue weighted by Crippen LogP contribution is -2.44. The van der Waals surface area contributed by atoms with Gasteiger partial charge in [0.15, 0.2) is 0 Å². The second-order valence-electron chi connectivity index (χ2n) is 9.49. The van der Waals surface area contributed by atoms with Crippen LogP contribution >= 0.6 is 0 Å². The Bertz CT molecular complexity index is 847. The maximum Gasteiger partial charge on any atom is 0.315 e. The van der Waals surface area contributed by atoms with E-state index in [4.69, 9.17) is 0 Å². The van der Waals surface area contributed by atoms with Gasteiger partial charge in [-0.25, -0.2) is 4.79 Å². The zero-order valence-corrected chi connectivity index (χ0v) is 18.3. The maximum absolute atomic E-state index is 12.2. The molecule has 2 bridgehead atoms. The number of amides is 2. The average molecular weight is 419 g/mol. The minimum absolute atomic E-state index is 0.0242. The fraction of sp³-hybridized carbons (Fsp3) is 0.538. The molecule has 1 aliphatic carbocycles. The fourth-order valence-corrected chi connectivity index (χ4v) is 6.00. The van der Waals surface area contributed by atoms with Gasteiger partial charge in [-0.1, -0.05) is 24.3 Å². The van der Waals surface area contributed by atoms with Crippen LogP contribution in [0.2, 0.25) is 0 Å². The fourth-order valence-electron chi connectivity index (χ4n) is 6.00. The molecule has 0 spiro atoms. The molecular formula is C26H34N4O. The van der Waals surface area contributed by atoms with E-state index in [1.165, 1.54) is 44.2 Å². The Hall–Kier alpha value is -2.40. The SMILES string of the molecule is O=C(NCCc1ccncc1)NC1CCC(CCN2C3CCC2c2ccccc23)CC1. The van der Waals surface area contributed by atoms with Crippen LogP contribution in [0.3, 0.4) is 0 Å². The number of carbonyl (C=O) groups is 1. The first-order valence-corrected chi connectivity index (χ1v) is 12.1. The molecule has 2 aliphatic heterocycles. The van der Waals surface area contributed by atoms with E-state index in [2.05, 4.69) is 44.8 Å². The normalized spacial score (nSPS) is 27.1. The van der Waals surface area contributed by atoms with Gasteiger partial charge < -0.3 is 10.6 Å². The first-order valence-electron chi connectivity index (χ1n) is 12.1. The van der Waals surface area contributed by atoms with Gasteiger partial charge in [0, 0.05) is 37.1 Å². The van der Waals surface area contributed by atoms with Crippen molar-refractivity contribution in [2.75, 3.05) is 13.1 Å². The number of nitrogens with one attached hydrogen (secondary N) is 2. The van der Waals surface area contributed by atoms with Crippen LogP contribution in [0.25, 0.3) is 0 Å². The van der Waals surface area contributed by atoms with Gasteiger partial charge in [0.2, 0.25) is 0 Å². The molecule has 2 atom stereocenters.